The smallest absolute Gasteiger partial charge is 0.339 e. The highest BCUT2D eigenvalue weighted by atomic mass is 79.9. The molecule has 3 rings (SSSR count). The summed E-state index contributed by atoms with van der Waals surface area (Å²) in [5, 5.41) is 7.96. The Bertz CT molecular complexity index is 878. The molecular formula is C15H14BrN3O3. The van der Waals surface area contributed by atoms with Crippen LogP contribution >= 0.6 is 15.9 Å². The van der Waals surface area contributed by atoms with Crippen LogP contribution in [0.4, 0.5) is 0 Å². The molecule has 1 atom stereocenters. The predicted molar refractivity (Wildman–Crippen MR) is 85.3 cm³/mol. The number of hydrogen-bond acceptors (Lipinski definition) is 3. The fraction of sp³-hybridized carbons (Fsp3) is 0.200. The van der Waals surface area contributed by atoms with E-state index >= 15 is 0 Å². The van der Waals surface area contributed by atoms with Crippen molar-refractivity contribution in [3.63, 3.8) is 0 Å². The third-order valence-electron chi connectivity index (χ3n) is 3.69. The average molecular weight is 364 g/mol. The number of hydrogen-bond donors (Lipinski definition) is 3. The maximum absolute atomic E-state index is 12.2. The van der Waals surface area contributed by atoms with Crippen molar-refractivity contribution in [1.82, 2.24) is 15.4 Å². The maximum atomic E-state index is 12.2. The van der Waals surface area contributed by atoms with Crippen LogP contribution in [0.25, 0.3) is 0 Å². The molecule has 6 nitrogen and oxygen atoms in total. The zero-order valence-electron chi connectivity index (χ0n) is 12.0. The lowest BCUT2D eigenvalue weighted by molar-refractivity contribution is 0.386. The second-order valence-corrected chi connectivity index (χ2v) is 6.05. The van der Waals surface area contributed by atoms with E-state index in [0.29, 0.717) is 22.5 Å². The van der Waals surface area contributed by atoms with Crippen molar-refractivity contribution in [2.75, 3.05) is 0 Å². The van der Waals surface area contributed by atoms with E-state index in [2.05, 4.69) is 31.3 Å². The zero-order chi connectivity index (χ0) is 15.9. The van der Waals surface area contributed by atoms with Gasteiger partial charge in [0.2, 0.25) is 0 Å². The number of benzene rings is 1. The van der Waals surface area contributed by atoms with Crippen LogP contribution in [0.15, 0.2) is 42.9 Å². The molecule has 3 N–H and O–H groups in total. The summed E-state index contributed by atoms with van der Waals surface area (Å²) in [5.74, 6) is -0.505. The number of aryl methyl sites for hydroxylation is 2. The molecule has 0 aliphatic carbocycles. The van der Waals surface area contributed by atoms with Crippen LogP contribution in [0.5, 0.6) is 0 Å². The molecule has 0 saturated heterocycles. The number of nitrogens with one attached hydrogen (secondary N) is 3. The molecule has 0 fully saturated rings. The molecule has 0 aliphatic rings. The van der Waals surface area contributed by atoms with Crippen molar-refractivity contribution < 1.29 is 4.52 Å². The SMILES string of the molecule is Cc1[nH][nH]c(=O)c1C(c1cccc(Br)c1)c1c(C)[nH]oc1=O. The van der Waals surface area contributed by atoms with E-state index in [1.807, 2.05) is 24.3 Å². The van der Waals surface area contributed by atoms with Crippen LogP contribution in [0.3, 0.4) is 0 Å². The molecule has 0 radical (unpaired) electrons. The molecule has 22 heavy (non-hydrogen) atoms. The molecule has 7 heteroatoms. The van der Waals surface area contributed by atoms with Gasteiger partial charge in [0.25, 0.3) is 5.56 Å². The van der Waals surface area contributed by atoms with Crippen LogP contribution in [-0.2, 0) is 0 Å². The largest absolute Gasteiger partial charge is 0.361 e. The highest BCUT2D eigenvalue weighted by Gasteiger charge is 2.28. The monoisotopic (exact) mass is 363 g/mol. The Morgan fingerprint density at radius 1 is 1.09 bits per heavy atom. The first-order chi connectivity index (χ1) is 10.5. The van der Waals surface area contributed by atoms with Gasteiger partial charge in [-0.2, -0.15) is 0 Å². The Hall–Kier alpha value is -2.28. The Balaban J connectivity index is 2.33. The lowest BCUT2D eigenvalue weighted by Gasteiger charge is -2.15. The van der Waals surface area contributed by atoms with Gasteiger partial charge in [-0.1, -0.05) is 28.1 Å². The lowest BCUT2D eigenvalue weighted by atomic mass is 9.85. The van der Waals surface area contributed by atoms with Crippen LogP contribution in [0.1, 0.15) is 34.0 Å². The molecule has 2 aromatic heterocycles. The molecule has 1 unspecified atom stereocenters. The van der Waals surface area contributed by atoms with Crippen LogP contribution in [0, 0.1) is 13.8 Å². The molecule has 0 saturated carbocycles. The van der Waals surface area contributed by atoms with Gasteiger partial charge in [-0.05, 0) is 31.5 Å². The minimum absolute atomic E-state index is 0.248. The van der Waals surface area contributed by atoms with Crippen LogP contribution in [-0.4, -0.2) is 15.4 Å². The maximum Gasteiger partial charge on any atom is 0.361 e. The first-order valence-electron chi connectivity index (χ1n) is 6.69. The quantitative estimate of drug-likeness (QED) is 0.667. The second kappa shape index (κ2) is 5.49. The summed E-state index contributed by atoms with van der Waals surface area (Å²) in [7, 11) is 0. The third-order valence-corrected chi connectivity index (χ3v) is 4.19. The van der Waals surface area contributed by atoms with Crippen molar-refractivity contribution in [2.24, 2.45) is 0 Å². The van der Waals surface area contributed by atoms with Gasteiger partial charge in [0.1, 0.15) is 0 Å². The Labute approximate surface area is 133 Å². The molecule has 0 aliphatic heterocycles. The molecule has 114 valence electrons. The van der Waals surface area contributed by atoms with E-state index in [9.17, 15) is 9.59 Å². The molecule has 0 bridgehead atoms. The van der Waals surface area contributed by atoms with E-state index in [0.717, 1.165) is 10.0 Å². The van der Waals surface area contributed by atoms with Gasteiger partial charge in [-0.3, -0.25) is 9.89 Å². The Morgan fingerprint density at radius 2 is 1.86 bits per heavy atom. The van der Waals surface area contributed by atoms with E-state index in [1.165, 1.54) is 0 Å². The number of aromatic amines is 3. The normalized spacial score (nSPS) is 12.5. The van der Waals surface area contributed by atoms with E-state index < -0.39 is 11.5 Å². The predicted octanol–water partition coefficient (Wildman–Crippen LogP) is 2.54. The van der Waals surface area contributed by atoms with Crippen molar-refractivity contribution in [1.29, 1.82) is 0 Å². The molecule has 0 spiro atoms. The third kappa shape index (κ3) is 2.37. The summed E-state index contributed by atoms with van der Waals surface area (Å²) in [6, 6.07) is 7.53. The van der Waals surface area contributed by atoms with Gasteiger partial charge in [0, 0.05) is 10.2 Å². The van der Waals surface area contributed by atoms with Gasteiger partial charge in [-0.25, -0.2) is 9.95 Å². The number of H-pyrrole nitrogens is 3. The standard InChI is InChI=1S/C15H14BrN3O3/c1-7-11(14(20)18-17-7)13(9-4-3-5-10(16)6-9)12-8(2)19-22-15(12)21/h3-6,13,19H,1-2H3,(H2,17,18,20). The topological polar surface area (TPSA) is 94.7 Å². The molecule has 1 aromatic carbocycles. The molecular weight excluding hydrogens is 350 g/mol. The average Bonchev–Trinajstić information content (AvgIpc) is 2.97. The fourth-order valence-corrected chi connectivity index (χ4v) is 3.10. The summed E-state index contributed by atoms with van der Waals surface area (Å²) in [4.78, 5) is 24.3. The highest BCUT2D eigenvalue weighted by molar-refractivity contribution is 9.10. The van der Waals surface area contributed by atoms with E-state index in [1.54, 1.807) is 13.8 Å². The summed E-state index contributed by atoms with van der Waals surface area (Å²) in [6.45, 7) is 3.54. The minimum atomic E-state index is -0.505. The number of halogens is 1. The van der Waals surface area contributed by atoms with Gasteiger partial charge >= 0.3 is 5.63 Å². The summed E-state index contributed by atoms with van der Waals surface area (Å²) >= 11 is 3.43. The van der Waals surface area contributed by atoms with Gasteiger partial charge in [-0.15, -0.1) is 0 Å². The van der Waals surface area contributed by atoms with E-state index in [-0.39, 0.29) is 5.56 Å². The van der Waals surface area contributed by atoms with Gasteiger partial charge in [0.05, 0.1) is 22.7 Å². The summed E-state index contributed by atoms with van der Waals surface area (Å²) in [6.07, 6.45) is 0. The summed E-state index contributed by atoms with van der Waals surface area (Å²) < 4.78 is 5.76. The second-order valence-electron chi connectivity index (χ2n) is 5.14. The lowest BCUT2D eigenvalue weighted by Crippen LogP contribution is -2.19. The van der Waals surface area contributed by atoms with Crippen molar-refractivity contribution in [3.05, 3.63) is 77.6 Å². The van der Waals surface area contributed by atoms with Crippen LogP contribution < -0.4 is 11.2 Å². The zero-order valence-corrected chi connectivity index (χ0v) is 13.6. The van der Waals surface area contributed by atoms with Crippen molar-refractivity contribution >= 4 is 15.9 Å². The highest BCUT2D eigenvalue weighted by Crippen LogP contribution is 2.32. The molecule has 0 amide bonds. The van der Waals surface area contributed by atoms with Crippen molar-refractivity contribution in [3.8, 4) is 0 Å². The molecule has 3 aromatic rings. The first-order valence-corrected chi connectivity index (χ1v) is 7.49. The van der Waals surface area contributed by atoms with Crippen molar-refractivity contribution in [2.45, 2.75) is 19.8 Å². The first kappa shape index (κ1) is 14.6. The number of aromatic nitrogens is 3. The Kier molecular flexibility index (Phi) is 3.66. The number of rotatable bonds is 3. The molecule has 2 heterocycles. The Morgan fingerprint density at radius 3 is 2.41 bits per heavy atom. The summed E-state index contributed by atoms with van der Waals surface area (Å²) in [5.41, 5.74) is 2.35. The van der Waals surface area contributed by atoms with E-state index in [4.69, 9.17) is 4.52 Å². The van der Waals surface area contributed by atoms with Gasteiger partial charge < -0.3 is 9.62 Å². The minimum Gasteiger partial charge on any atom is -0.339 e. The fourth-order valence-electron chi connectivity index (χ4n) is 2.69. The van der Waals surface area contributed by atoms with Gasteiger partial charge in [0.15, 0.2) is 0 Å². The van der Waals surface area contributed by atoms with Crippen LogP contribution in [0.2, 0.25) is 0 Å².